The molecule has 0 saturated carbocycles. The summed E-state index contributed by atoms with van der Waals surface area (Å²) in [7, 11) is -5.52. The molecule has 0 spiro atoms. The quantitative estimate of drug-likeness (QED) is 0.155. The third kappa shape index (κ3) is 8.89. The van der Waals surface area contributed by atoms with Crippen molar-refractivity contribution in [2.75, 3.05) is 13.2 Å². The van der Waals surface area contributed by atoms with Crippen LogP contribution >= 0.6 is 0 Å². The van der Waals surface area contributed by atoms with Crippen LogP contribution in [-0.4, -0.2) is 33.0 Å². The molecular formula is C25H24F3NO4S2. The Kier molecular flexibility index (Phi) is 10.6. The normalized spacial score (nSPS) is 11.3. The molecule has 0 saturated heterocycles. The summed E-state index contributed by atoms with van der Waals surface area (Å²) in [5.41, 5.74) is -5.37. The average molecular weight is 524 g/mol. The van der Waals surface area contributed by atoms with Crippen LogP contribution in [-0.2, 0) is 30.4 Å². The highest BCUT2D eigenvalue weighted by molar-refractivity contribution is 7.97. The van der Waals surface area contributed by atoms with Crippen LogP contribution in [0, 0.1) is 0 Å². The maximum atomic E-state index is 11.7. The fourth-order valence-electron chi connectivity index (χ4n) is 2.57. The fraction of sp³-hybridized carbons (Fsp3) is 0.160. The molecule has 3 rings (SSSR count). The highest BCUT2D eigenvalue weighted by atomic mass is 32.2. The van der Waals surface area contributed by atoms with Crippen molar-refractivity contribution in [1.29, 1.82) is 0 Å². The van der Waals surface area contributed by atoms with E-state index < -0.39 is 34.7 Å². The minimum Gasteiger partial charge on any atom is -0.538 e. The van der Waals surface area contributed by atoms with Crippen molar-refractivity contribution < 1.29 is 31.1 Å². The Morgan fingerprint density at radius 3 is 1.54 bits per heavy atom. The van der Waals surface area contributed by atoms with Crippen molar-refractivity contribution in [3.05, 3.63) is 108 Å². The van der Waals surface area contributed by atoms with Crippen molar-refractivity contribution >= 4 is 26.9 Å². The van der Waals surface area contributed by atoms with E-state index in [1.165, 1.54) is 21.6 Å². The number of esters is 1. The molecular weight excluding hydrogens is 499 g/mol. The maximum Gasteiger partial charge on any atom is 0.480 e. The smallest absolute Gasteiger partial charge is 0.480 e. The zero-order valence-electron chi connectivity index (χ0n) is 18.8. The lowest BCUT2D eigenvalue weighted by Crippen LogP contribution is -2.23. The summed E-state index contributed by atoms with van der Waals surface area (Å²) in [6.07, 6.45) is 0. The molecule has 0 bridgehead atoms. The zero-order valence-corrected chi connectivity index (χ0v) is 20.4. The first-order valence-corrected chi connectivity index (χ1v) is 12.9. The lowest BCUT2D eigenvalue weighted by molar-refractivity contribution is -0.138. The molecule has 3 aromatic rings. The van der Waals surface area contributed by atoms with E-state index >= 15 is 0 Å². The highest BCUT2D eigenvalue weighted by Crippen LogP contribution is 2.30. The van der Waals surface area contributed by atoms with Gasteiger partial charge in [0.05, 0.1) is 17.5 Å². The summed E-state index contributed by atoms with van der Waals surface area (Å²) in [5, 5.41) is 0. The molecule has 0 aliphatic carbocycles. The highest BCUT2D eigenvalue weighted by Gasteiger charge is 2.38. The van der Waals surface area contributed by atoms with Gasteiger partial charge in [-0.15, -0.1) is 6.54 Å². The van der Waals surface area contributed by atoms with Gasteiger partial charge in [0.2, 0.25) is 0 Å². The first-order chi connectivity index (χ1) is 16.5. The Labute approximate surface area is 206 Å². The lowest BCUT2D eigenvalue weighted by Gasteiger charge is -2.21. The van der Waals surface area contributed by atoms with Crippen LogP contribution < -0.4 is 0 Å². The number of carbonyl (C=O) groups excluding carboxylic acids is 1. The van der Waals surface area contributed by atoms with Crippen LogP contribution in [0.15, 0.2) is 118 Å². The molecule has 0 N–H and O–H groups in total. The van der Waals surface area contributed by atoms with Gasteiger partial charge in [-0.05, 0) is 43.3 Å². The van der Waals surface area contributed by atoms with Crippen LogP contribution in [0.25, 0.3) is 4.72 Å². The van der Waals surface area contributed by atoms with E-state index in [-0.39, 0.29) is 16.5 Å². The van der Waals surface area contributed by atoms with Crippen LogP contribution in [0.5, 0.6) is 0 Å². The van der Waals surface area contributed by atoms with Gasteiger partial charge in [0.1, 0.15) is 0 Å². The van der Waals surface area contributed by atoms with Crippen molar-refractivity contribution in [3.63, 3.8) is 0 Å². The molecule has 3 aromatic carbocycles. The number of hydrogen-bond acceptors (Lipinski definition) is 4. The van der Waals surface area contributed by atoms with Gasteiger partial charge in [0.15, 0.2) is 24.7 Å². The van der Waals surface area contributed by atoms with Gasteiger partial charge in [-0.2, -0.15) is 13.2 Å². The van der Waals surface area contributed by atoms with E-state index in [2.05, 4.69) is 107 Å². The van der Waals surface area contributed by atoms with Crippen LogP contribution in [0.4, 0.5) is 13.2 Å². The van der Waals surface area contributed by atoms with Crippen molar-refractivity contribution in [1.82, 2.24) is 0 Å². The summed E-state index contributed by atoms with van der Waals surface area (Å²) in [4.78, 5) is 14.8. The van der Waals surface area contributed by atoms with E-state index in [9.17, 15) is 26.4 Å². The van der Waals surface area contributed by atoms with Gasteiger partial charge in [-0.1, -0.05) is 61.2 Å². The first-order valence-electron chi connectivity index (χ1n) is 10.2. The SMILES string of the molecule is C=C(C)C(=O)OCC[N-]S(=O)(=O)C(F)(F)F.c1ccc([S+](c2ccccc2)c2ccccc2)cc1. The monoisotopic (exact) mass is 523 g/mol. The first kappa shape index (κ1) is 28.2. The average Bonchev–Trinajstić information content (AvgIpc) is 2.83. The second-order valence-electron chi connectivity index (χ2n) is 6.94. The molecule has 0 aromatic heterocycles. The number of ether oxygens (including phenoxy) is 1. The molecule has 0 aliphatic heterocycles. The second-order valence-corrected chi connectivity index (χ2v) is 10.6. The molecule has 0 amide bonds. The number of carbonyl (C=O) groups is 1. The minimum absolute atomic E-state index is 0.0146. The molecule has 0 atom stereocenters. The molecule has 5 nitrogen and oxygen atoms in total. The standard InChI is InChI=1S/C18H15S.C7H9F3NO4S/c1-4-10-16(11-5-1)19(17-12-6-2-7-13-17)18-14-8-3-9-15-18;1-5(2)6(12)15-4-3-11-16(13,14)7(8,9)10/h1-15H;1,3-4H2,2H3/q+1;-1. The zero-order chi connectivity index (χ0) is 25.9. The maximum absolute atomic E-state index is 11.7. The van der Waals surface area contributed by atoms with E-state index in [1.54, 1.807) is 0 Å². The van der Waals surface area contributed by atoms with E-state index in [0.29, 0.717) is 0 Å². The molecule has 186 valence electrons. The number of hydrogen-bond donors (Lipinski definition) is 0. The number of sulfonamides is 1. The van der Waals surface area contributed by atoms with Gasteiger partial charge < -0.3 is 9.46 Å². The summed E-state index contributed by atoms with van der Waals surface area (Å²) in [6, 6.07) is 32.2. The molecule has 10 heteroatoms. The molecule has 0 radical (unpaired) electrons. The fourth-order valence-corrected chi connectivity index (χ4v) is 5.14. The summed E-state index contributed by atoms with van der Waals surface area (Å²) < 4.78 is 62.7. The summed E-state index contributed by atoms with van der Waals surface area (Å²) >= 11 is 0. The van der Waals surface area contributed by atoms with Gasteiger partial charge >= 0.3 is 11.5 Å². The Morgan fingerprint density at radius 1 is 0.857 bits per heavy atom. The predicted molar refractivity (Wildman–Crippen MR) is 130 cm³/mol. The molecule has 0 fully saturated rings. The molecule has 0 heterocycles. The number of halogens is 3. The van der Waals surface area contributed by atoms with Crippen molar-refractivity contribution in [2.45, 2.75) is 27.1 Å². The minimum atomic E-state index is -5.50. The predicted octanol–water partition coefficient (Wildman–Crippen LogP) is 6.11. The van der Waals surface area contributed by atoms with Crippen LogP contribution in [0.2, 0.25) is 0 Å². The Balaban J connectivity index is 0.000000252. The number of rotatable bonds is 8. The summed E-state index contributed by atoms with van der Waals surface area (Å²) in [6.45, 7) is 3.23. The Hall–Kier alpha value is -3.08. The summed E-state index contributed by atoms with van der Waals surface area (Å²) in [5.74, 6) is -0.820. The number of alkyl halides is 3. The van der Waals surface area contributed by atoms with Gasteiger partial charge in [0.25, 0.3) is 0 Å². The Morgan fingerprint density at radius 2 is 1.23 bits per heavy atom. The van der Waals surface area contributed by atoms with Crippen LogP contribution in [0.3, 0.4) is 0 Å². The van der Waals surface area contributed by atoms with Gasteiger partial charge in [-0.25, -0.2) is 13.2 Å². The third-order valence-electron chi connectivity index (χ3n) is 4.16. The van der Waals surface area contributed by atoms with E-state index in [1.807, 2.05) is 0 Å². The van der Waals surface area contributed by atoms with Crippen molar-refractivity contribution in [3.8, 4) is 0 Å². The molecule has 0 aliphatic rings. The molecule has 35 heavy (non-hydrogen) atoms. The van der Waals surface area contributed by atoms with Gasteiger partial charge in [-0.3, -0.25) is 0 Å². The van der Waals surface area contributed by atoms with Gasteiger partial charge in [0, 0.05) is 5.57 Å². The Bertz CT molecular complexity index is 1090. The molecule has 0 unspecified atom stereocenters. The largest absolute Gasteiger partial charge is 0.538 e. The third-order valence-corrected chi connectivity index (χ3v) is 7.50. The lowest BCUT2D eigenvalue weighted by atomic mass is 10.4. The van der Waals surface area contributed by atoms with Crippen LogP contribution in [0.1, 0.15) is 6.92 Å². The van der Waals surface area contributed by atoms with Crippen molar-refractivity contribution in [2.24, 2.45) is 0 Å². The number of benzene rings is 3. The van der Waals surface area contributed by atoms with E-state index in [0.717, 1.165) is 0 Å². The van der Waals surface area contributed by atoms with E-state index in [4.69, 9.17) is 0 Å². The number of nitrogens with zero attached hydrogens (tertiary/aromatic N) is 1. The topological polar surface area (TPSA) is 74.5 Å². The second kappa shape index (κ2) is 13.1.